The summed E-state index contributed by atoms with van der Waals surface area (Å²) in [6.07, 6.45) is 0.366. The molecule has 0 spiro atoms. The predicted octanol–water partition coefficient (Wildman–Crippen LogP) is 0.433. The Balaban J connectivity index is 2.11. The molecule has 1 atom stereocenters. The first-order valence-electron chi connectivity index (χ1n) is 4.89. The number of hydrogen-bond donors (Lipinski definition) is 1. The average molecular weight is 205 g/mol. The SMILES string of the molecule is CCN1CCOC(CSCCO)C1. The minimum Gasteiger partial charge on any atom is -0.396 e. The number of thioether (sulfide) groups is 1. The molecular formula is C9H19NO2S. The molecule has 0 bridgehead atoms. The summed E-state index contributed by atoms with van der Waals surface area (Å²) in [4.78, 5) is 2.41. The van der Waals surface area contributed by atoms with E-state index in [9.17, 15) is 0 Å². The fraction of sp³-hybridized carbons (Fsp3) is 1.00. The van der Waals surface area contributed by atoms with Gasteiger partial charge in [-0.2, -0.15) is 11.8 Å². The van der Waals surface area contributed by atoms with Crippen LogP contribution in [0.25, 0.3) is 0 Å². The third kappa shape index (κ3) is 4.31. The second-order valence-electron chi connectivity index (χ2n) is 3.18. The second-order valence-corrected chi connectivity index (χ2v) is 4.33. The molecule has 1 aliphatic heterocycles. The zero-order valence-electron chi connectivity index (χ0n) is 8.24. The number of likely N-dealkylation sites (N-methyl/N-ethyl adjacent to an activating group) is 1. The molecule has 1 N–H and O–H groups in total. The van der Waals surface area contributed by atoms with Gasteiger partial charge in [-0.15, -0.1) is 0 Å². The van der Waals surface area contributed by atoms with Crippen LogP contribution in [0.1, 0.15) is 6.92 Å². The van der Waals surface area contributed by atoms with Crippen molar-refractivity contribution in [2.24, 2.45) is 0 Å². The van der Waals surface area contributed by atoms with Gasteiger partial charge in [0.15, 0.2) is 0 Å². The summed E-state index contributed by atoms with van der Waals surface area (Å²) in [5.74, 6) is 1.84. The molecule has 0 aliphatic carbocycles. The molecule has 0 aromatic carbocycles. The minimum atomic E-state index is 0.273. The van der Waals surface area contributed by atoms with Crippen molar-refractivity contribution in [2.75, 3.05) is 44.4 Å². The quantitative estimate of drug-likeness (QED) is 0.660. The maximum atomic E-state index is 8.62. The van der Waals surface area contributed by atoms with Gasteiger partial charge in [0.2, 0.25) is 0 Å². The van der Waals surface area contributed by atoms with E-state index in [0.29, 0.717) is 6.10 Å². The molecule has 1 unspecified atom stereocenters. The first kappa shape index (κ1) is 11.3. The summed E-state index contributed by atoms with van der Waals surface area (Å²) < 4.78 is 5.61. The Morgan fingerprint density at radius 1 is 1.62 bits per heavy atom. The lowest BCUT2D eigenvalue weighted by Gasteiger charge is -2.31. The van der Waals surface area contributed by atoms with Gasteiger partial charge in [-0.05, 0) is 6.54 Å². The number of aliphatic hydroxyl groups is 1. The van der Waals surface area contributed by atoms with Gasteiger partial charge in [0.05, 0.1) is 19.3 Å². The molecule has 0 amide bonds. The molecule has 0 radical (unpaired) electrons. The van der Waals surface area contributed by atoms with Crippen molar-refractivity contribution in [3.63, 3.8) is 0 Å². The smallest absolute Gasteiger partial charge is 0.0792 e. The average Bonchev–Trinajstić information content (AvgIpc) is 2.19. The number of nitrogens with zero attached hydrogens (tertiary/aromatic N) is 1. The van der Waals surface area contributed by atoms with Gasteiger partial charge in [-0.1, -0.05) is 6.92 Å². The van der Waals surface area contributed by atoms with E-state index in [4.69, 9.17) is 9.84 Å². The van der Waals surface area contributed by atoms with Crippen LogP contribution in [-0.4, -0.2) is 60.5 Å². The Bertz CT molecular complexity index is 135. The number of hydrogen-bond acceptors (Lipinski definition) is 4. The van der Waals surface area contributed by atoms with E-state index in [0.717, 1.165) is 37.7 Å². The van der Waals surface area contributed by atoms with Crippen molar-refractivity contribution in [3.05, 3.63) is 0 Å². The van der Waals surface area contributed by atoms with Crippen molar-refractivity contribution in [2.45, 2.75) is 13.0 Å². The molecule has 1 saturated heterocycles. The number of aliphatic hydroxyl groups excluding tert-OH is 1. The molecule has 0 aromatic rings. The molecular weight excluding hydrogens is 186 g/mol. The monoisotopic (exact) mass is 205 g/mol. The van der Waals surface area contributed by atoms with E-state index >= 15 is 0 Å². The molecule has 0 saturated carbocycles. The van der Waals surface area contributed by atoms with Crippen molar-refractivity contribution < 1.29 is 9.84 Å². The van der Waals surface area contributed by atoms with Crippen LogP contribution in [0, 0.1) is 0 Å². The van der Waals surface area contributed by atoms with Crippen LogP contribution in [0.4, 0.5) is 0 Å². The molecule has 13 heavy (non-hydrogen) atoms. The van der Waals surface area contributed by atoms with E-state index in [-0.39, 0.29) is 6.61 Å². The fourth-order valence-electron chi connectivity index (χ4n) is 1.45. The zero-order valence-corrected chi connectivity index (χ0v) is 9.05. The lowest BCUT2D eigenvalue weighted by atomic mass is 10.3. The highest BCUT2D eigenvalue weighted by Crippen LogP contribution is 2.10. The highest BCUT2D eigenvalue weighted by atomic mass is 32.2. The van der Waals surface area contributed by atoms with Gasteiger partial charge in [-0.25, -0.2) is 0 Å². The maximum absolute atomic E-state index is 8.62. The van der Waals surface area contributed by atoms with E-state index in [1.165, 1.54) is 0 Å². The van der Waals surface area contributed by atoms with Gasteiger partial charge in [-0.3, -0.25) is 4.90 Å². The Morgan fingerprint density at radius 2 is 2.46 bits per heavy atom. The normalized spacial score (nSPS) is 24.9. The summed E-state index contributed by atoms with van der Waals surface area (Å²) >= 11 is 1.77. The number of morpholine rings is 1. The van der Waals surface area contributed by atoms with Crippen LogP contribution in [0.3, 0.4) is 0 Å². The lowest BCUT2D eigenvalue weighted by molar-refractivity contribution is -0.0137. The summed E-state index contributed by atoms with van der Waals surface area (Å²) in [5, 5.41) is 8.62. The Kier molecular flexibility index (Phi) is 5.78. The standard InChI is InChI=1S/C9H19NO2S/c1-2-10-3-5-12-9(7-10)8-13-6-4-11/h9,11H,2-8H2,1H3. The van der Waals surface area contributed by atoms with E-state index in [1.54, 1.807) is 11.8 Å². The van der Waals surface area contributed by atoms with Crippen LogP contribution in [0.2, 0.25) is 0 Å². The Morgan fingerprint density at radius 3 is 3.15 bits per heavy atom. The number of rotatable bonds is 5. The van der Waals surface area contributed by atoms with Crippen LogP contribution < -0.4 is 0 Å². The van der Waals surface area contributed by atoms with Crippen molar-refractivity contribution >= 4 is 11.8 Å². The fourth-order valence-corrected chi connectivity index (χ4v) is 2.21. The highest BCUT2D eigenvalue weighted by Gasteiger charge is 2.18. The van der Waals surface area contributed by atoms with E-state index in [2.05, 4.69) is 11.8 Å². The topological polar surface area (TPSA) is 32.7 Å². The van der Waals surface area contributed by atoms with Crippen LogP contribution in [0.5, 0.6) is 0 Å². The zero-order chi connectivity index (χ0) is 9.52. The third-order valence-corrected chi connectivity index (χ3v) is 3.29. The largest absolute Gasteiger partial charge is 0.396 e. The van der Waals surface area contributed by atoms with E-state index in [1.807, 2.05) is 0 Å². The molecule has 78 valence electrons. The Hall–Kier alpha value is 0.230. The van der Waals surface area contributed by atoms with Crippen LogP contribution in [-0.2, 0) is 4.74 Å². The molecule has 1 aliphatic rings. The minimum absolute atomic E-state index is 0.273. The second kappa shape index (κ2) is 6.65. The summed E-state index contributed by atoms with van der Waals surface area (Å²) in [7, 11) is 0. The van der Waals surface area contributed by atoms with Crippen molar-refractivity contribution in [1.29, 1.82) is 0 Å². The molecule has 1 heterocycles. The lowest BCUT2D eigenvalue weighted by Crippen LogP contribution is -2.43. The summed E-state index contributed by atoms with van der Waals surface area (Å²) in [5.41, 5.74) is 0. The van der Waals surface area contributed by atoms with Gasteiger partial charge in [0.25, 0.3) is 0 Å². The van der Waals surface area contributed by atoms with Gasteiger partial charge in [0.1, 0.15) is 0 Å². The summed E-state index contributed by atoms with van der Waals surface area (Å²) in [6, 6.07) is 0. The van der Waals surface area contributed by atoms with Crippen molar-refractivity contribution in [3.8, 4) is 0 Å². The Labute approximate surface area is 84.4 Å². The predicted molar refractivity (Wildman–Crippen MR) is 56.3 cm³/mol. The maximum Gasteiger partial charge on any atom is 0.0792 e. The summed E-state index contributed by atoms with van der Waals surface area (Å²) in [6.45, 7) is 6.55. The molecule has 1 rings (SSSR count). The van der Waals surface area contributed by atoms with Gasteiger partial charge >= 0.3 is 0 Å². The number of ether oxygens (including phenoxy) is 1. The van der Waals surface area contributed by atoms with Gasteiger partial charge < -0.3 is 9.84 Å². The van der Waals surface area contributed by atoms with Crippen LogP contribution >= 0.6 is 11.8 Å². The first-order valence-corrected chi connectivity index (χ1v) is 6.04. The third-order valence-electron chi connectivity index (χ3n) is 2.21. The van der Waals surface area contributed by atoms with E-state index < -0.39 is 0 Å². The highest BCUT2D eigenvalue weighted by molar-refractivity contribution is 7.99. The first-order chi connectivity index (χ1) is 6.36. The molecule has 4 heteroatoms. The molecule has 3 nitrogen and oxygen atoms in total. The molecule has 1 fully saturated rings. The molecule has 0 aromatic heterocycles. The van der Waals surface area contributed by atoms with Crippen LogP contribution in [0.15, 0.2) is 0 Å². The van der Waals surface area contributed by atoms with Gasteiger partial charge in [0, 0.05) is 24.6 Å². The van der Waals surface area contributed by atoms with Crippen molar-refractivity contribution in [1.82, 2.24) is 4.90 Å².